The van der Waals surface area contributed by atoms with E-state index in [1.807, 2.05) is 36.4 Å². The molecule has 5 nitrogen and oxygen atoms in total. The largest absolute Gasteiger partial charge is 0.456 e. The molecule has 4 rings (SSSR count). The molecular formula is C24H24FN3O2. The summed E-state index contributed by atoms with van der Waals surface area (Å²) in [6.45, 7) is 1.49. The highest BCUT2D eigenvalue weighted by molar-refractivity contribution is 5.94. The molecule has 1 saturated heterocycles. The predicted octanol–water partition coefficient (Wildman–Crippen LogP) is 5.01. The molecule has 154 valence electrons. The van der Waals surface area contributed by atoms with Gasteiger partial charge in [0.1, 0.15) is 17.3 Å². The Morgan fingerprint density at radius 2 is 1.87 bits per heavy atom. The second kappa shape index (κ2) is 9.50. The number of nitrogens with zero attached hydrogens (tertiary/aromatic N) is 2. The van der Waals surface area contributed by atoms with Crippen LogP contribution < -0.4 is 10.1 Å². The van der Waals surface area contributed by atoms with Crippen molar-refractivity contribution in [2.75, 3.05) is 11.9 Å². The Bertz CT molecular complexity index is 962. The van der Waals surface area contributed by atoms with Crippen LogP contribution in [-0.4, -0.2) is 28.4 Å². The van der Waals surface area contributed by atoms with Crippen molar-refractivity contribution in [1.29, 1.82) is 0 Å². The van der Waals surface area contributed by atoms with Gasteiger partial charge in [-0.15, -0.1) is 0 Å². The Balaban J connectivity index is 1.38. The molecule has 1 fully saturated rings. The van der Waals surface area contributed by atoms with E-state index in [-0.39, 0.29) is 17.8 Å². The van der Waals surface area contributed by atoms with Crippen molar-refractivity contribution in [3.8, 4) is 11.5 Å². The van der Waals surface area contributed by atoms with Gasteiger partial charge in [0.05, 0.1) is 12.2 Å². The number of carbonyl (C=O) groups excluding carboxylic acids is 1. The highest BCUT2D eigenvalue weighted by Gasteiger charge is 2.28. The van der Waals surface area contributed by atoms with Gasteiger partial charge in [-0.2, -0.15) is 0 Å². The molecular weight excluding hydrogens is 381 g/mol. The Morgan fingerprint density at radius 3 is 2.60 bits per heavy atom. The summed E-state index contributed by atoms with van der Waals surface area (Å²) < 4.78 is 18.9. The maximum absolute atomic E-state index is 13.2. The molecule has 0 aliphatic carbocycles. The molecule has 0 saturated carbocycles. The van der Waals surface area contributed by atoms with Gasteiger partial charge >= 0.3 is 0 Å². The van der Waals surface area contributed by atoms with Crippen LogP contribution in [0.15, 0.2) is 73.1 Å². The summed E-state index contributed by atoms with van der Waals surface area (Å²) in [5, 5.41) is 3.02. The van der Waals surface area contributed by atoms with Crippen LogP contribution in [0.4, 0.5) is 10.1 Å². The van der Waals surface area contributed by atoms with E-state index in [1.54, 1.807) is 24.5 Å². The molecule has 2 aromatic carbocycles. The second-order valence-corrected chi connectivity index (χ2v) is 7.41. The molecule has 1 amide bonds. The maximum atomic E-state index is 13.2. The SMILES string of the molecule is O=C(Nc1ccc(Oc2cccnc2)cc1)[C@H]1CCCCN1Cc1ccc(F)cc1. The number of anilines is 1. The minimum Gasteiger partial charge on any atom is -0.456 e. The van der Waals surface area contributed by atoms with Gasteiger partial charge in [-0.1, -0.05) is 18.6 Å². The third kappa shape index (κ3) is 5.21. The van der Waals surface area contributed by atoms with Crippen LogP contribution in [0.25, 0.3) is 0 Å². The highest BCUT2D eigenvalue weighted by atomic mass is 19.1. The molecule has 0 bridgehead atoms. The predicted molar refractivity (Wildman–Crippen MR) is 114 cm³/mol. The van der Waals surface area contributed by atoms with Crippen LogP contribution >= 0.6 is 0 Å². The number of hydrogen-bond donors (Lipinski definition) is 1. The molecule has 3 aromatic rings. The highest BCUT2D eigenvalue weighted by Crippen LogP contribution is 2.24. The number of benzene rings is 2. The number of hydrogen-bond acceptors (Lipinski definition) is 4. The Kier molecular flexibility index (Phi) is 6.35. The number of likely N-dealkylation sites (tertiary alicyclic amines) is 1. The molecule has 1 N–H and O–H groups in total. The summed E-state index contributed by atoms with van der Waals surface area (Å²) in [6, 6.07) is 17.2. The number of nitrogens with one attached hydrogen (secondary N) is 1. The van der Waals surface area contributed by atoms with E-state index in [9.17, 15) is 9.18 Å². The lowest BCUT2D eigenvalue weighted by atomic mass is 10.00. The number of pyridine rings is 1. The smallest absolute Gasteiger partial charge is 0.241 e. The zero-order chi connectivity index (χ0) is 20.8. The number of carbonyl (C=O) groups is 1. The van der Waals surface area contributed by atoms with Gasteiger partial charge in [0.25, 0.3) is 0 Å². The molecule has 30 heavy (non-hydrogen) atoms. The molecule has 1 aliphatic heterocycles. The molecule has 1 atom stereocenters. The van der Waals surface area contributed by atoms with Crippen LogP contribution in [0.1, 0.15) is 24.8 Å². The Labute approximate surface area is 175 Å². The molecule has 6 heteroatoms. The van der Waals surface area contributed by atoms with Crippen LogP contribution in [0.2, 0.25) is 0 Å². The minimum atomic E-state index is -0.248. The molecule has 1 aliphatic rings. The quantitative estimate of drug-likeness (QED) is 0.627. The first kappa shape index (κ1) is 20.0. The molecule has 0 unspecified atom stereocenters. The van der Waals surface area contributed by atoms with Crippen LogP contribution in [0.3, 0.4) is 0 Å². The van der Waals surface area contributed by atoms with Crippen LogP contribution in [0.5, 0.6) is 11.5 Å². The van der Waals surface area contributed by atoms with Gasteiger partial charge in [-0.3, -0.25) is 14.7 Å². The number of piperidine rings is 1. The summed E-state index contributed by atoms with van der Waals surface area (Å²) in [7, 11) is 0. The Morgan fingerprint density at radius 1 is 1.07 bits per heavy atom. The zero-order valence-corrected chi connectivity index (χ0v) is 16.6. The zero-order valence-electron chi connectivity index (χ0n) is 16.6. The van der Waals surface area contributed by atoms with Crippen molar-refractivity contribution >= 4 is 11.6 Å². The molecule has 0 spiro atoms. The average Bonchev–Trinajstić information content (AvgIpc) is 2.78. The van der Waals surface area contributed by atoms with Crippen LogP contribution in [-0.2, 0) is 11.3 Å². The maximum Gasteiger partial charge on any atom is 0.241 e. The van der Waals surface area contributed by atoms with E-state index in [1.165, 1.54) is 12.1 Å². The van der Waals surface area contributed by atoms with E-state index in [0.29, 0.717) is 18.0 Å². The summed E-state index contributed by atoms with van der Waals surface area (Å²) in [4.78, 5) is 19.1. The van der Waals surface area contributed by atoms with E-state index >= 15 is 0 Å². The normalized spacial score (nSPS) is 16.8. The van der Waals surface area contributed by atoms with Crippen molar-refractivity contribution < 1.29 is 13.9 Å². The van der Waals surface area contributed by atoms with Crippen molar-refractivity contribution in [3.63, 3.8) is 0 Å². The second-order valence-electron chi connectivity index (χ2n) is 7.41. The van der Waals surface area contributed by atoms with Crippen molar-refractivity contribution in [2.45, 2.75) is 31.8 Å². The van der Waals surface area contributed by atoms with Gasteiger partial charge in [0.2, 0.25) is 5.91 Å². The minimum absolute atomic E-state index is 0.0160. The monoisotopic (exact) mass is 405 g/mol. The van der Waals surface area contributed by atoms with Gasteiger partial charge in [0, 0.05) is 18.4 Å². The fourth-order valence-electron chi connectivity index (χ4n) is 3.68. The standard InChI is InChI=1S/C24H24FN3O2/c25-19-8-6-18(7-9-19)17-28-15-2-1-5-23(28)24(29)27-20-10-12-21(13-11-20)30-22-4-3-14-26-16-22/h3-4,6-14,16,23H,1-2,5,15,17H2,(H,27,29)/t23-/m1/s1. The lowest BCUT2D eigenvalue weighted by Crippen LogP contribution is -2.46. The first-order chi connectivity index (χ1) is 14.7. The van der Waals surface area contributed by atoms with Crippen molar-refractivity contribution in [2.24, 2.45) is 0 Å². The third-order valence-electron chi connectivity index (χ3n) is 5.21. The molecule has 0 radical (unpaired) electrons. The number of rotatable bonds is 6. The fourth-order valence-corrected chi connectivity index (χ4v) is 3.68. The van der Waals surface area contributed by atoms with Gasteiger partial charge in [-0.05, 0) is 73.5 Å². The summed E-state index contributed by atoms with van der Waals surface area (Å²) in [6.07, 6.45) is 6.24. The average molecular weight is 405 g/mol. The lowest BCUT2D eigenvalue weighted by molar-refractivity contribution is -0.122. The Hall–Kier alpha value is -3.25. The first-order valence-corrected chi connectivity index (χ1v) is 10.1. The number of aromatic nitrogens is 1. The molecule has 2 heterocycles. The lowest BCUT2D eigenvalue weighted by Gasteiger charge is -2.34. The van der Waals surface area contributed by atoms with Gasteiger partial charge in [-0.25, -0.2) is 4.39 Å². The van der Waals surface area contributed by atoms with E-state index in [2.05, 4.69) is 15.2 Å². The number of halogens is 1. The van der Waals surface area contributed by atoms with Gasteiger partial charge < -0.3 is 10.1 Å². The summed E-state index contributed by atoms with van der Waals surface area (Å²) in [5.41, 5.74) is 1.74. The summed E-state index contributed by atoms with van der Waals surface area (Å²) in [5.74, 6) is 1.07. The number of ether oxygens (including phenoxy) is 1. The van der Waals surface area contributed by atoms with Gasteiger partial charge in [0.15, 0.2) is 0 Å². The van der Waals surface area contributed by atoms with Crippen molar-refractivity contribution in [3.05, 3.63) is 84.4 Å². The summed E-state index contributed by atoms with van der Waals surface area (Å²) >= 11 is 0. The fraction of sp³-hybridized carbons (Fsp3) is 0.250. The first-order valence-electron chi connectivity index (χ1n) is 10.1. The van der Waals surface area contributed by atoms with Crippen molar-refractivity contribution in [1.82, 2.24) is 9.88 Å². The topological polar surface area (TPSA) is 54.5 Å². The van der Waals surface area contributed by atoms with Crippen LogP contribution in [0, 0.1) is 5.82 Å². The molecule has 1 aromatic heterocycles. The van der Waals surface area contributed by atoms with E-state index in [4.69, 9.17) is 4.74 Å². The third-order valence-corrected chi connectivity index (χ3v) is 5.21. The van der Waals surface area contributed by atoms with E-state index in [0.717, 1.165) is 37.1 Å². The van der Waals surface area contributed by atoms with E-state index < -0.39 is 0 Å². The number of amides is 1.